The summed E-state index contributed by atoms with van der Waals surface area (Å²) in [4.78, 5) is 36.8. The van der Waals surface area contributed by atoms with Gasteiger partial charge in [-0.2, -0.15) is 0 Å². The number of aliphatic hydroxyl groups is 1. The van der Waals surface area contributed by atoms with Gasteiger partial charge in [-0.3, -0.25) is 4.79 Å². The van der Waals surface area contributed by atoms with Crippen molar-refractivity contribution in [1.82, 2.24) is 10.6 Å². The van der Waals surface area contributed by atoms with Gasteiger partial charge in [0, 0.05) is 12.3 Å². The van der Waals surface area contributed by atoms with Gasteiger partial charge in [-0.05, 0) is 27.8 Å². The van der Waals surface area contributed by atoms with Gasteiger partial charge >= 0.3 is 12.1 Å². The van der Waals surface area contributed by atoms with E-state index in [9.17, 15) is 19.5 Å². The second-order valence-corrected chi connectivity index (χ2v) is 8.29. The number of carboxylic acids is 1. The molecular formula is C27H26N2O6. The maximum Gasteiger partial charge on any atom is 0.407 e. The fraction of sp³-hybridized carbons (Fsp3) is 0.222. The van der Waals surface area contributed by atoms with Crippen LogP contribution in [0.4, 0.5) is 4.79 Å². The summed E-state index contributed by atoms with van der Waals surface area (Å²) in [5.74, 6) is -2.25. The summed E-state index contributed by atoms with van der Waals surface area (Å²) in [5.41, 5.74) is 5.09. The Kier molecular flexibility index (Phi) is 7.42. The SMILES string of the molecule is O=C(N[C@@H](Cc1ccccc1)C(=O)N[C@H](CO)C(=O)O)OCC1c2ccccc2-c2ccccc21. The number of benzene rings is 3. The van der Waals surface area contributed by atoms with Crippen LogP contribution in [0.5, 0.6) is 0 Å². The molecule has 0 saturated carbocycles. The van der Waals surface area contributed by atoms with Crippen LogP contribution in [-0.2, 0) is 20.7 Å². The Morgan fingerprint density at radius 2 is 1.37 bits per heavy atom. The minimum atomic E-state index is -1.48. The molecule has 8 nitrogen and oxygen atoms in total. The zero-order valence-corrected chi connectivity index (χ0v) is 18.9. The molecule has 4 N–H and O–H groups in total. The van der Waals surface area contributed by atoms with E-state index < -0.39 is 36.7 Å². The molecule has 1 aliphatic rings. The predicted octanol–water partition coefficient (Wildman–Crippen LogP) is 2.70. The first-order valence-electron chi connectivity index (χ1n) is 11.3. The van der Waals surface area contributed by atoms with E-state index in [0.717, 1.165) is 27.8 Å². The van der Waals surface area contributed by atoms with Crippen molar-refractivity contribution in [1.29, 1.82) is 0 Å². The van der Waals surface area contributed by atoms with Gasteiger partial charge in [0.1, 0.15) is 18.7 Å². The van der Waals surface area contributed by atoms with E-state index in [0.29, 0.717) is 0 Å². The number of ether oxygens (including phenoxy) is 1. The van der Waals surface area contributed by atoms with Gasteiger partial charge in [0.05, 0.1) is 6.61 Å². The minimum absolute atomic E-state index is 0.0773. The van der Waals surface area contributed by atoms with Crippen LogP contribution in [0.2, 0.25) is 0 Å². The molecule has 0 radical (unpaired) electrons. The predicted molar refractivity (Wildman–Crippen MR) is 129 cm³/mol. The second kappa shape index (κ2) is 10.8. The average molecular weight is 475 g/mol. The van der Waals surface area contributed by atoms with Crippen molar-refractivity contribution in [2.24, 2.45) is 0 Å². The van der Waals surface area contributed by atoms with E-state index >= 15 is 0 Å². The summed E-state index contributed by atoms with van der Waals surface area (Å²) in [6.07, 6.45) is -0.673. The topological polar surface area (TPSA) is 125 Å². The number of hydrogen-bond donors (Lipinski definition) is 4. The Labute approximate surface area is 202 Å². The van der Waals surface area contributed by atoms with Crippen LogP contribution < -0.4 is 10.6 Å². The molecule has 35 heavy (non-hydrogen) atoms. The monoisotopic (exact) mass is 474 g/mol. The first-order valence-corrected chi connectivity index (χ1v) is 11.3. The van der Waals surface area contributed by atoms with Gasteiger partial charge in [0.2, 0.25) is 5.91 Å². The smallest absolute Gasteiger partial charge is 0.407 e. The minimum Gasteiger partial charge on any atom is -0.480 e. The van der Waals surface area contributed by atoms with E-state index in [1.807, 2.05) is 54.6 Å². The summed E-state index contributed by atoms with van der Waals surface area (Å²) in [6, 6.07) is 22.3. The van der Waals surface area contributed by atoms with Gasteiger partial charge in [0.25, 0.3) is 0 Å². The van der Waals surface area contributed by atoms with E-state index in [1.54, 1.807) is 24.3 Å². The molecule has 0 aliphatic heterocycles. The maximum absolute atomic E-state index is 12.8. The molecule has 0 bridgehead atoms. The van der Waals surface area contributed by atoms with Gasteiger partial charge in [-0.25, -0.2) is 9.59 Å². The standard InChI is InChI=1S/C27H26N2O6/c30-15-24(26(32)33)28-25(31)23(14-17-8-2-1-3-9-17)29-27(34)35-16-22-20-12-6-4-10-18(20)19-11-5-7-13-21(19)22/h1-13,22-24,30H,14-16H2,(H,28,31)(H,29,34)(H,32,33)/t23-,24+/m0/s1. The number of amides is 2. The molecule has 180 valence electrons. The molecule has 2 atom stereocenters. The molecule has 0 saturated heterocycles. The summed E-state index contributed by atoms with van der Waals surface area (Å²) in [6.45, 7) is -0.696. The van der Waals surface area contributed by atoms with Crippen LogP contribution in [0, 0.1) is 0 Å². The molecule has 0 aromatic heterocycles. The van der Waals surface area contributed by atoms with Crippen LogP contribution in [-0.4, -0.2) is 53.5 Å². The Hall–Kier alpha value is -4.17. The van der Waals surface area contributed by atoms with Crippen molar-refractivity contribution in [2.45, 2.75) is 24.4 Å². The molecule has 2 amide bonds. The van der Waals surface area contributed by atoms with Gasteiger partial charge in [-0.1, -0.05) is 78.9 Å². The van der Waals surface area contributed by atoms with Crippen molar-refractivity contribution in [3.8, 4) is 11.1 Å². The molecule has 0 spiro atoms. The zero-order chi connectivity index (χ0) is 24.8. The molecule has 3 aromatic carbocycles. The lowest BCUT2D eigenvalue weighted by Crippen LogP contribution is -2.53. The van der Waals surface area contributed by atoms with Gasteiger partial charge in [-0.15, -0.1) is 0 Å². The van der Waals surface area contributed by atoms with Gasteiger partial charge in [0.15, 0.2) is 0 Å². The Balaban J connectivity index is 1.46. The van der Waals surface area contributed by atoms with Gasteiger partial charge < -0.3 is 25.6 Å². The fourth-order valence-electron chi connectivity index (χ4n) is 4.30. The summed E-state index contributed by atoms with van der Waals surface area (Å²) in [5, 5.41) is 23.2. The first kappa shape index (κ1) is 24.0. The third-order valence-corrected chi connectivity index (χ3v) is 6.03. The summed E-state index contributed by atoms with van der Waals surface area (Å²) < 4.78 is 5.54. The van der Waals surface area contributed by atoms with Crippen molar-refractivity contribution < 1.29 is 29.3 Å². The number of rotatable bonds is 9. The van der Waals surface area contributed by atoms with E-state index in [-0.39, 0.29) is 18.9 Å². The van der Waals surface area contributed by atoms with Crippen LogP contribution in [0.15, 0.2) is 78.9 Å². The first-order chi connectivity index (χ1) is 17.0. The average Bonchev–Trinajstić information content (AvgIpc) is 3.19. The molecule has 0 fully saturated rings. The highest BCUT2D eigenvalue weighted by molar-refractivity contribution is 5.89. The highest BCUT2D eigenvalue weighted by Crippen LogP contribution is 2.44. The molecule has 0 heterocycles. The number of alkyl carbamates (subject to hydrolysis) is 1. The Bertz CT molecular complexity index is 1170. The molecule has 4 rings (SSSR count). The van der Waals surface area contributed by atoms with E-state index in [4.69, 9.17) is 9.84 Å². The molecule has 0 unspecified atom stereocenters. The molecular weight excluding hydrogens is 448 g/mol. The summed E-state index contributed by atoms with van der Waals surface area (Å²) in [7, 11) is 0. The number of hydrogen-bond acceptors (Lipinski definition) is 5. The largest absolute Gasteiger partial charge is 0.480 e. The third kappa shape index (κ3) is 5.50. The lowest BCUT2D eigenvalue weighted by atomic mass is 9.98. The normalized spacial score (nSPS) is 13.7. The number of carbonyl (C=O) groups is 3. The van der Waals surface area contributed by atoms with E-state index in [1.165, 1.54) is 0 Å². The van der Waals surface area contributed by atoms with Crippen LogP contribution in [0.25, 0.3) is 11.1 Å². The van der Waals surface area contributed by atoms with E-state index in [2.05, 4.69) is 10.6 Å². The molecule has 1 aliphatic carbocycles. The lowest BCUT2D eigenvalue weighted by molar-refractivity contribution is -0.143. The van der Waals surface area contributed by atoms with Crippen molar-refractivity contribution in [3.05, 3.63) is 95.6 Å². The molecule has 8 heteroatoms. The van der Waals surface area contributed by atoms with Crippen LogP contribution in [0.3, 0.4) is 0 Å². The number of fused-ring (bicyclic) bond motifs is 3. The van der Waals surface area contributed by atoms with Crippen molar-refractivity contribution in [3.63, 3.8) is 0 Å². The number of nitrogens with one attached hydrogen (secondary N) is 2. The highest BCUT2D eigenvalue weighted by atomic mass is 16.5. The summed E-state index contributed by atoms with van der Waals surface area (Å²) >= 11 is 0. The van der Waals surface area contributed by atoms with Crippen LogP contribution >= 0.6 is 0 Å². The number of carboxylic acid groups (broad SMARTS) is 1. The zero-order valence-electron chi connectivity index (χ0n) is 18.9. The lowest BCUT2D eigenvalue weighted by Gasteiger charge is -2.21. The number of aliphatic hydroxyl groups excluding tert-OH is 1. The third-order valence-electron chi connectivity index (χ3n) is 6.03. The van der Waals surface area contributed by atoms with Crippen LogP contribution in [0.1, 0.15) is 22.6 Å². The van der Waals surface area contributed by atoms with Crippen molar-refractivity contribution >= 4 is 18.0 Å². The number of aliphatic carboxylic acids is 1. The Morgan fingerprint density at radius 3 is 1.94 bits per heavy atom. The Morgan fingerprint density at radius 1 is 0.800 bits per heavy atom. The number of carbonyl (C=O) groups excluding carboxylic acids is 2. The highest BCUT2D eigenvalue weighted by Gasteiger charge is 2.30. The second-order valence-electron chi connectivity index (χ2n) is 8.29. The van der Waals surface area contributed by atoms with Crippen molar-refractivity contribution in [2.75, 3.05) is 13.2 Å². The quantitative estimate of drug-likeness (QED) is 0.378. The fourth-order valence-corrected chi connectivity index (χ4v) is 4.30. The molecule has 3 aromatic rings. The maximum atomic E-state index is 12.8.